The number of hydrogen-bond acceptors (Lipinski definition) is 3. The molecule has 1 aromatic heterocycles. The van der Waals surface area contributed by atoms with Crippen molar-refractivity contribution < 1.29 is 8.42 Å². The Balaban J connectivity index is 2.39. The van der Waals surface area contributed by atoms with E-state index in [-0.39, 0.29) is 4.21 Å². The van der Waals surface area contributed by atoms with Crippen molar-refractivity contribution in [3.05, 3.63) is 44.2 Å². The van der Waals surface area contributed by atoms with Crippen LogP contribution in [0.3, 0.4) is 0 Å². The van der Waals surface area contributed by atoms with Crippen molar-refractivity contribution in [1.82, 2.24) is 0 Å². The van der Waals surface area contributed by atoms with Crippen LogP contribution in [-0.2, 0) is 10.0 Å². The van der Waals surface area contributed by atoms with Crippen LogP contribution in [0.5, 0.6) is 0 Å². The lowest BCUT2D eigenvalue weighted by Gasteiger charge is -2.09. The van der Waals surface area contributed by atoms with Gasteiger partial charge < -0.3 is 0 Å². The minimum Gasteiger partial charge on any atom is -0.277 e. The average molecular weight is 381 g/mol. The second-order valence-electron chi connectivity index (χ2n) is 4.06. The van der Waals surface area contributed by atoms with Gasteiger partial charge in [-0.25, -0.2) is 8.42 Å². The van der Waals surface area contributed by atoms with E-state index >= 15 is 0 Å². The summed E-state index contributed by atoms with van der Waals surface area (Å²) in [5.74, 6) is 0. The molecule has 0 radical (unpaired) electrons. The fraction of sp³-hybridized carbons (Fsp3) is 0.167. The Labute approximate surface area is 129 Å². The molecule has 0 fully saturated rings. The number of anilines is 1. The number of nitrogens with one attached hydrogen (secondary N) is 1. The van der Waals surface area contributed by atoms with Crippen molar-refractivity contribution in [3.63, 3.8) is 0 Å². The number of hydrogen-bond donors (Lipinski definition) is 1. The van der Waals surface area contributed by atoms with Crippen LogP contribution in [0.15, 0.2) is 32.3 Å². The molecule has 1 aromatic carbocycles. The monoisotopic (exact) mass is 379 g/mol. The van der Waals surface area contributed by atoms with Crippen molar-refractivity contribution in [3.8, 4) is 0 Å². The Hall–Kier alpha value is -0.560. The summed E-state index contributed by atoms with van der Waals surface area (Å²) in [6.45, 7) is 3.67. The van der Waals surface area contributed by atoms with Gasteiger partial charge in [-0.05, 0) is 53.0 Å². The maximum absolute atomic E-state index is 12.3. The highest BCUT2D eigenvalue weighted by molar-refractivity contribution is 9.11. The first-order valence-electron chi connectivity index (χ1n) is 5.35. The van der Waals surface area contributed by atoms with Crippen LogP contribution in [0.1, 0.15) is 11.1 Å². The zero-order valence-electron chi connectivity index (χ0n) is 10.2. The molecule has 3 nitrogen and oxygen atoms in total. The van der Waals surface area contributed by atoms with Gasteiger partial charge in [-0.15, -0.1) is 11.3 Å². The Kier molecular flexibility index (Phi) is 4.25. The summed E-state index contributed by atoms with van der Waals surface area (Å²) in [5, 5.41) is 0.415. The van der Waals surface area contributed by atoms with Crippen LogP contribution in [0.25, 0.3) is 0 Å². The topological polar surface area (TPSA) is 46.2 Å². The summed E-state index contributed by atoms with van der Waals surface area (Å²) in [6.07, 6.45) is 0. The zero-order chi connectivity index (χ0) is 14.2. The molecule has 0 spiro atoms. The fourth-order valence-electron chi connectivity index (χ4n) is 1.49. The fourth-order valence-corrected chi connectivity index (χ4v) is 5.01. The molecule has 102 valence electrons. The SMILES string of the molecule is Cc1cc(S(=O)(=O)Nc2cccc(C)c2Cl)sc1Br. The molecule has 0 amide bonds. The number of aryl methyl sites for hydroxylation is 2. The van der Waals surface area contributed by atoms with E-state index in [0.29, 0.717) is 10.7 Å². The molecule has 0 aliphatic rings. The third-order valence-corrected chi connectivity index (χ3v) is 7.01. The zero-order valence-corrected chi connectivity index (χ0v) is 14.2. The molecular formula is C12H11BrClNO2S2. The van der Waals surface area contributed by atoms with Gasteiger partial charge in [-0.3, -0.25) is 4.72 Å². The quantitative estimate of drug-likeness (QED) is 0.847. The van der Waals surface area contributed by atoms with Gasteiger partial charge in [-0.2, -0.15) is 0 Å². The van der Waals surface area contributed by atoms with Crippen LogP contribution in [-0.4, -0.2) is 8.42 Å². The highest BCUT2D eigenvalue weighted by Crippen LogP contribution is 2.33. The summed E-state index contributed by atoms with van der Waals surface area (Å²) in [4.78, 5) is 0. The third kappa shape index (κ3) is 3.13. The van der Waals surface area contributed by atoms with E-state index in [1.54, 1.807) is 18.2 Å². The standard InChI is InChI=1S/C12H11BrClNO2S2/c1-7-4-3-5-9(11(7)14)15-19(16,17)10-6-8(2)12(13)18-10/h3-6,15H,1-2H3. The van der Waals surface area contributed by atoms with Gasteiger partial charge in [0, 0.05) is 0 Å². The van der Waals surface area contributed by atoms with Crippen molar-refractivity contribution in [1.29, 1.82) is 0 Å². The summed E-state index contributed by atoms with van der Waals surface area (Å²) < 4.78 is 28.1. The molecular weight excluding hydrogens is 370 g/mol. The smallest absolute Gasteiger partial charge is 0.271 e. The molecule has 1 heterocycles. The molecule has 0 saturated heterocycles. The van der Waals surface area contributed by atoms with Crippen LogP contribution in [0.2, 0.25) is 5.02 Å². The second-order valence-corrected chi connectivity index (χ2v) is 8.72. The third-order valence-electron chi connectivity index (χ3n) is 2.54. The van der Waals surface area contributed by atoms with Gasteiger partial charge in [0.15, 0.2) is 0 Å². The minimum atomic E-state index is -3.60. The highest BCUT2D eigenvalue weighted by Gasteiger charge is 2.19. The maximum atomic E-state index is 12.3. The summed E-state index contributed by atoms with van der Waals surface area (Å²) >= 11 is 10.6. The molecule has 1 N–H and O–H groups in total. The van der Waals surface area contributed by atoms with E-state index in [9.17, 15) is 8.42 Å². The van der Waals surface area contributed by atoms with Gasteiger partial charge in [0.2, 0.25) is 0 Å². The lowest BCUT2D eigenvalue weighted by molar-refractivity contribution is 0.603. The van der Waals surface area contributed by atoms with Gasteiger partial charge in [0.05, 0.1) is 14.5 Å². The van der Waals surface area contributed by atoms with Crippen molar-refractivity contribution >= 4 is 54.6 Å². The van der Waals surface area contributed by atoms with E-state index in [2.05, 4.69) is 20.7 Å². The van der Waals surface area contributed by atoms with E-state index in [1.165, 1.54) is 11.3 Å². The molecule has 2 rings (SSSR count). The van der Waals surface area contributed by atoms with E-state index in [4.69, 9.17) is 11.6 Å². The molecule has 0 aliphatic heterocycles. The number of sulfonamides is 1. The van der Waals surface area contributed by atoms with E-state index in [1.807, 2.05) is 19.9 Å². The van der Waals surface area contributed by atoms with Gasteiger partial charge in [0.25, 0.3) is 10.0 Å². The van der Waals surface area contributed by atoms with Gasteiger partial charge in [-0.1, -0.05) is 23.7 Å². The predicted molar refractivity (Wildman–Crippen MR) is 83.8 cm³/mol. The van der Waals surface area contributed by atoms with Gasteiger partial charge >= 0.3 is 0 Å². The Morgan fingerprint density at radius 2 is 1.95 bits per heavy atom. The number of benzene rings is 1. The normalized spacial score (nSPS) is 11.6. The first kappa shape index (κ1) is 14.8. The van der Waals surface area contributed by atoms with Crippen molar-refractivity contribution in [2.75, 3.05) is 4.72 Å². The molecule has 7 heteroatoms. The van der Waals surface area contributed by atoms with Crippen LogP contribution >= 0.6 is 38.9 Å². The first-order valence-corrected chi connectivity index (χ1v) is 8.82. The Bertz CT molecular complexity index is 706. The van der Waals surface area contributed by atoms with Crippen LogP contribution in [0.4, 0.5) is 5.69 Å². The Morgan fingerprint density at radius 3 is 2.53 bits per heavy atom. The number of halogens is 2. The first-order chi connectivity index (χ1) is 8.81. The molecule has 0 aliphatic carbocycles. The maximum Gasteiger partial charge on any atom is 0.271 e. The Morgan fingerprint density at radius 1 is 1.26 bits per heavy atom. The lowest BCUT2D eigenvalue weighted by atomic mass is 10.2. The molecule has 0 unspecified atom stereocenters. The number of thiophene rings is 1. The molecule has 2 aromatic rings. The summed E-state index contributed by atoms with van der Waals surface area (Å²) in [5.41, 5.74) is 2.11. The molecule has 19 heavy (non-hydrogen) atoms. The van der Waals surface area contributed by atoms with Crippen molar-refractivity contribution in [2.45, 2.75) is 18.1 Å². The molecule has 0 bridgehead atoms. The average Bonchev–Trinajstić information content (AvgIpc) is 2.66. The van der Waals surface area contributed by atoms with Crippen LogP contribution in [0, 0.1) is 13.8 Å². The lowest BCUT2D eigenvalue weighted by Crippen LogP contribution is -2.12. The predicted octanol–water partition coefficient (Wildman–Crippen LogP) is 4.58. The van der Waals surface area contributed by atoms with E-state index in [0.717, 1.165) is 14.9 Å². The van der Waals surface area contributed by atoms with E-state index < -0.39 is 10.0 Å². The largest absolute Gasteiger partial charge is 0.277 e. The molecule has 0 saturated carbocycles. The van der Waals surface area contributed by atoms with Gasteiger partial charge in [0.1, 0.15) is 4.21 Å². The van der Waals surface area contributed by atoms with Crippen LogP contribution < -0.4 is 4.72 Å². The summed E-state index contributed by atoms with van der Waals surface area (Å²) in [7, 11) is -3.60. The van der Waals surface area contributed by atoms with Crippen molar-refractivity contribution in [2.24, 2.45) is 0 Å². The summed E-state index contributed by atoms with van der Waals surface area (Å²) in [6, 6.07) is 6.85. The highest BCUT2D eigenvalue weighted by atomic mass is 79.9. The molecule has 0 atom stereocenters. The second kappa shape index (κ2) is 5.44. The minimum absolute atomic E-state index is 0.259. The number of rotatable bonds is 3.